The molecule has 4 aromatic heterocycles. The quantitative estimate of drug-likeness (QED) is 0.427. The Hall–Kier alpha value is -2.26. The number of imidazole rings is 1. The van der Waals surface area contributed by atoms with Gasteiger partial charge in [0.05, 0.1) is 17.0 Å². The van der Waals surface area contributed by atoms with Gasteiger partial charge in [0.15, 0.2) is 5.65 Å². The number of nitrogens with two attached hydrogens (primary N) is 1. The predicted octanol–water partition coefficient (Wildman–Crippen LogP) is 3.41. The molecule has 3 N–H and O–H groups in total. The zero-order chi connectivity index (χ0) is 16.8. The minimum Gasteiger partial charge on any atom is -0.383 e. The maximum Gasteiger partial charge on any atom is 0.181 e. The van der Waals surface area contributed by atoms with Crippen molar-refractivity contribution in [2.24, 2.45) is 0 Å². The third-order valence-corrected chi connectivity index (χ3v) is 6.11. The molecule has 0 radical (unpaired) electrons. The van der Waals surface area contributed by atoms with Crippen molar-refractivity contribution >= 4 is 50.3 Å². The molecule has 7 nitrogen and oxygen atoms in total. The van der Waals surface area contributed by atoms with Gasteiger partial charge in [-0.3, -0.25) is 0 Å². The number of H-pyrrole nitrogens is 1. The molecule has 0 fully saturated rings. The highest BCUT2D eigenvalue weighted by Gasteiger charge is 2.19. The first-order valence-electron chi connectivity index (χ1n) is 7.38. The van der Waals surface area contributed by atoms with E-state index in [2.05, 4.69) is 38.8 Å². The second-order valence-corrected chi connectivity index (χ2v) is 8.00. The van der Waals surface area contributed by atoms with Crippen LogP contribution in [0.5, 0.6) is 0 Å². The normalized spacial score (nSPS) is 13.0. The number of nitrogens with zero attached hydrogens (tertiary/aromatic N) is 5. The summed E-state index contributed by atoms with van der Waals surface area (Å²) in [6.45, 7) is 6.18. The summed E-state index contributed by atoms with van der Waals surface area (Å²) < 4.78 is 0. The van der Waals surface area contributed by atoms with Crippen LogP contribution < -0.4 is 5.73 Å². The molecular formula is C15H15N7S2. The number of hydrogen-bond acceptors (Lipinski definition) is 8. The molecule has 0 aliphatic heterocycles. The van der Waals surface area contributed by atoms with E-state index in [0.29, 0.717) is 17.3 Å². The van der Waals surface area contributed by atoms with Crippen LogP contribution >= 0.6 is 23.1 Å². The first-order chi connectivity index (χ1) is 11.5. The Kier molecular flexibility index (Phi) is 3.61. The Labute approximate surface area is 146 Å². The third kappa shape index (κ3) is 2.40. The van der Waals surface area contributed by atoms with Gasteiger partial charge >= 0.3 is 0 Å². The van der Waals surface area contributed by atoms with E-state index in [1.165, 1.54) is 11.2 Å². The number of fused-ring (bicyclic) bond motifs is 2. The van der Waals surface area contributed by atoms with Crippen LogP contribution in [0.15, 0.2) is 17.7 Å². The Morgan fingerprint density at radius 1 is 1.21 bits per heavy atom. The van der Waals surface area contributed by atoms with Gasteiger partial charge in [-0.2, -0.15) is 0 Å². The van der Waals surface area contributed by atoms with E-state index in [9.17, 15) is 0 Å². The summed E-state index contributed by atoms with van der Waals surface area (Å²) in [6.07, 6.45) is 3.13. The predicted molar refractivity (Wildman–Crippen MR) is 97.3 cm³/mol. The highest BCUT2D eigenvalue weighted by Crippen LogP contribution is 2.38. The number of rotatable bonds is 3. The molecule has 9 heteroatoms. The lowest BCUT2D eigenvalue weighted by molar-refractivity contribution is 0.938. The van der Waals surface area contributed by atoms with E-state index in [-0.39, 0.29) is 5.25 Å². The zero-order valence-corrected chi connectivity index (χ0v) is 15.0. The molecule has 4 heterocycles. The van der Waals surface area contributed by atoms with Crippen molar-refractivity contribution in [1.29, 1.82) is 0 Å². The highest BCUT2D eigenvalue weighted by molar-refractivity contribution is 7.99. The molecular weight excluding hydrogens is 342 g/mol. The molecule has 0 saturated carbocycles. The van der Waals surface area contributed by atoms with Crippen molar-refractivity contribution in [1.82, 2.24) is 29.9 Å². The number of nitrogen functional groups attached to an aromatic ring is 1. The summed E-state index contributed by atoms with van der Waals surface area (Å²) >= 11 is 3.21. The van der Waals surface area contributed by atoms with E-state index in [1.54, 1.807) is 29.4 Å². The Bertz CT molecular complexity index is 1050. The zero-order valence-electron chi connectivity index (χ0n) is 13.4. The topological polar surface area (TPSA) is 106 Å². The average molecular weight is 357 g/mol. The van der Waals surface area contributed by atoms with Crippen LogP contribution in [0.4, 0.5) is 5.82 Å². The lowest BCUT2D eigenvalue weighted by atomic mass is 10.2. The van der Waals surface area contributed by atoms with Gasteiger partial charge in [0, 0.05) is 4.88 Å². The van der Waals surface area contributed by atoms with Crippen LogP contribution in [0.25, 0.3) is 21.4 Å². The van der Waals surface area contributed by atoms with Crippen molar-refractivity contribution in [2.45, 2.75) is 31.0 Å². The molecule has 0 aromatic carbocycles. The number of aryl methyl sites for hydroxylation is 2. The van der Waals surface area contributed by atoms with Crippen molar-refractivity contribution in [3.8, 4) is 0 Å². The van der Waals surface area contributed by atoms with Gasteiger partial charge in [-0.05, 0) is 26.3 Å². The summed E-state index contributed by atoms with van der Waals surface area (Å²) in [5, 5.41) is 1.79. The maximum atomic E-state index is 6.18. The minimum atomic E-state index is 0.000752. The lowest BCUT2D eigenvalue weighted by Crippen LogP contribution is -2.02. The van der Waals surface area contributed by atoms with Gasteiger partial charge in [0.1, 0.15) is 33.3 Å². The van der Waals surface area contributed by atoms with Crippen LogP contribution in [-0.2, 0) is 0 Å². The molecule has 0 amide bonds. The van der Waals surface area contributed by atoms with E-state index in [4.69, 9.17) is 10.7 Å². The van der Waals surface area contributed by atoms with Gasteiger partial charge in [-0.15, -0.1) is 11.3 Å². The van der Waals surface area contributed by atoms with Crippen LogP contribution in [0.1, 0.15) is 28.4 Å². The van der Waals surface area contributed by atoms with Crippen molar-refractivity contribution < 1.29 is 0 Å². The summed E-state index contributed by atoms with van der Waals surface area (Å²) in [5.41, 5.74) is 8.82. The Balaban J connectivity index is 1.73. The first-order valence-corrected chi connectivity index (χ1v) is 9.08. The van der Waals surface area contributed by atoms with Crippen LogP contribution in [0.2, 0.25) is 0 Å². The smallest absolute Gasteiger partial charge is 0.181 e. The Morgan fingerprint density at radius 3 is 2.88 bits per heavy atom. The van der Waals surface area contributed by atoms with Crippen molar-refractivity contribution in [2.75, 3.05) is 5.73 Å². The average Bonchev–Trinajstić information content (AvgIpc) is 3.13. The largest absolute Gasteiger partial charge is 0.383 e. The number of anilines is 1. The van der Waals surface area contributed by atoms with Crippen LogP contribution in [-0.4, -0.2) is 29.9 Å². The number of aromatic amines is 1. The molecule has 0 aliphatic carbocycles. The van der Waals surface area contributed by atoms with Crippen molar-refractivity contribution in [3.05, 3.63) is 28.9 Å². The Morgan fingerprint density at radius 2 is 2.04 bits per heavy atom. The van der Waals surface area contributed by atoms with E-state index >= 15 is 0 Å². The third-order valence-electron chi connectivity index (χ3n) is 3.91. The van der Waals surface area contributed by atoms with E-state index in [0.717, 1.165) is 26.3 Å². The van der Waals surface area contributed by atoms with Gasteiger partial charge < -0.3 is 10.7 Å². The van der Waals surface area contributed by atoms with E-state index < -0.39 is 0 Å². The summed E-state index contributed by atoms with van der Waals surface area (Å²) in [5.74, 6) is 1.25. The highest BCUT2D eigenvalue weighted by atomic mass is 32.2. The number of nitrogens with one attached hydrogen (secondary N) is 1. The summed E-state index contributed by atoms with van der Waals surface area (Å²) in [4.78, 5) is 27.1. The van der Waals surface area contributed by atoms with Gasteiger partial charge in [0.25, 0.3) is 0 Å². The fourth-order valence-electron chi connectivity index (χ4n) is 2.53. The number of thiophene rings is 1. The monoisotopic (exact) mass is 357 g/mol. The van der Waals surface area contributed by atoms with Gasteiger partial charge in [-0.1, -0.05) is 11.8 Å². The summed E-state index contributed by atoms with van der Waals surface area (Å²) in [7, 11) is 0. The molecule has 0 aliphatic rings. The number of aromatic nitrogens is 6. The van der Waals surface area contributed by atoms with Crippen molar-refractivity contribution in [3.63, 3.8) is 0 Å². The molecule has 0 bridgehead atoms. The second-order valence-electron chi connectivity index (χ2n) is 5.47. The second kappa shape index (κ2) is 5.67. The molecule has 1 atom stereocenters. The molecule has 1 unspecified atom stereocenters. The van der Waals surface area contributed by atoms with Gasteiger partial charge in [0.2, 0.25) is 0 Å². The minimum absolute atomic E-state index is 0.000752. The summed E-state index contributed by atoms with van der Waals surface area (Å²) in [6, 6.07) is 0. The molecule has 4 rings (SSSR count). The molecule has 24 heavy (non-hydrogen) atoms. The molecule has 0 saturated heterocycles. The van der Waals surface area contributed by atoms with Crippen LogP contribution in [0.3, 0.4) is 0 Å². The fraction of sp³-hybridized carbons (Fsp3) is 0.267. The maximum absolute atomic E-state index is 6.18. The molecule has 4 aromatic rings. The standard InChI is InChI=1S/C15H15N7S2/c1-6-7(2)23-14-9(6)11(16)21-12(22-14)8(3)24-15-10-13(18-4-17-10)19-5-20-15/h4-5,8H,1-3H3,(H2,16,21,22)(H,17,18,19,20). The fourth-order valence-corrected chi connectivity index (χ4v) is 4.50. The molecule has 0 spiro atoms. The molecule has 122 valence electrons. The first kappa shape index (κ1) is 15.3. The van der Waals surface area contributed by atoms with Gasteiger partial charge in [-0.25, -0.2) is 24.9 Å². The SMILES string of the molecule is Cc1sc2nc(C(C)Sc3ncnc4nc[nH]c34)nc(N)c2c1C. The van der Waals surface area contributed by atoms with E-state index in [1.807, 2.05) is 6.92 Å². The lowest BCUT2D eigenvalue weighted by Gasteiger charge is -2.10. The number of thioether (sulfide) groups is 1. The van der Waals surface area contributed by atoms with Crippen LogP contribution in [0, 0.1) is 13.8 Å². The number of hydrogen-bond donors (Lipinski definition) is 2.